The molecule has 0 saturated heterocycles. The number of hydrogen-bond acceptors (Lipinski definition) is 6. The molecule has 0 spiro atoms. The molecule has 0 amide bonds. The molecular formula is C29H30N2O4. The number of carbonyl (C=O) groups excluding carboxylic acids is 1. The van der Waals surface area contributed by atoms with E-state index in [1.807, 2.05) is 36.4 Å². The number of benzene rings is 3. The lowest BCUT2D eigenvalue weighted by Gasteiger charge is -2.30. The Morgan fingerprint density at radius 2 is 1.46 bits per heavy atom. The van der Waals surface area contributed by atoms with E-state index in [2.05, 4.69) is 41.8 Å². The zero-order valence-corrected chi connectivity index (χ0v) is 20.5. The molecule has 2 N–H and O–H groups in total. The molecule has 0 aromatic heterocycles. The molecule has 35 heavy (non-hydrogen) atoms. The number of para-hydroxylation sites is 2. The monoisotopic (exact) mass is 470 g/mol. The van der Waals surface area contributed by atoms with Crippen molar-refractivity contribution in [2.75, 3.05) is 32.0 Å². The minimum Gasteiger partial charge on any atom is -0.493 e. The van der Waals surface area contributed by atoms with Gasteiger partial charge in [0.1, 0.15) is 0 Å². The van der Waals surface area contributed by atoms with E-state index in [0.717, 1.165) is 34.6 Å². The third-order valence-electron chi connectivity index (χ3n) is 6.88. The Kier molecular flexibility index (Phi) is 6.12. The first-order valence-electron chi connectivity index (χ1n) is 11.8. The highest BCUT2D eigenvalue weighted by Gasteiger charge is 2.36. The third-order valence-corrected chi connectivity index (χ3v) is 6.88. The van der Waals surface area contributed by atoms with Gasteiger partial charge in [-0.2, -0.15) is 0 Å². The van der Waals surface area contributed by atoms with Crippen molar-refractivity contribution in [2.45, 2.75) is 31.7 Å². The van der Waals surface area contributed by atoms with Crippen LogP contribution in [-0.4, -0.2) is 27.1 Å². The Hall–Kier alpha value is -3.93. The normalized spacial score (nSPS) is 19.0. The SMILES string of the molecule is COc1cc(C2Nc3ccccc3NC3=C2C(=O)CC(c2ccc(C)cc2)C3)cc(OC)c1OC. The second-order valence-electron chi connectivity index (χ2n) is 9.04. The summed E-state index contributed by atoms with van der Waals surface area (Å²) in [5, 5.41) is 7.21. The van der Waals surface area contributed by atoms with Gasteiger partial charge in [-0.3, -0.25) is 4.79 Å². The van der Waals surface area contributed by atoms with Crippen LogP contribution < -0.4 is 24.8 Å². The molecule has 1 aliphatic heterocycles. The van der Waals surface area contributed by atoms with Crippen LogP contribution in [0.4, 0.5) is 11.4 Å². The maximum Gasteiger partial charge on any atom is 0.203 e. The third kappa shape index (κ3) is 4.20. The van der Waals surface area contributed by atoms with Crippen LogP contribution in [0.25, 0.3) is 0 Å². The molecule has 3 aromatic carbocycles. The second-order valence-corrected chi connectivity index (χ2v) is 9.04. The number of aryl methyl sites for hydroxylation is 1. The van der Waals surface area contributed by atoms with Gasteiger partial charge in [-0.05, 0) is 54.7 Å². The summed E-state index contributed by atoms with van der Waals surface area (Å²) >= 11 is 0. The van der Waals surface area contributed by atoms with Crippen LogP contribution in [0.5, 0.6) is 17.2 Å². The van der Waals surface area contributed by atoms with Gasteiger partial charge >= 0.3 is 0 Å². The molecular weight excluding hydrogens is 440 g/mol. The van der Waals surface area contributed by atoms with Gasteiger partial charge in [-0.15, -0.1) is 0 Å². The highest BCUT2D eigenvalue weighted by Crippen LogP contribution is 2.47. The van der Waals surface area contributed by atoms with Crippen molar-refractivity contribution < 1.29 is 19.0 Å². The minimum atomic E-state index is -0.374. The number of allylic oxidation sites excluding steroid dienone is 1. The van der Waals surface area contributed by atoms with Crippen LogP contribution >= 0.6 is 0 Å². The number of methoxy groups -OCH3 is 3. The molecule has 1 aliphatic carbocycles. The molecule has 3 aromatic rings. The topological polar surface area (TPSA) is 68.8 Å². The number of ether oxygens (including phenoxy) is 3. The van der Waals surface area contributed by atoms with E-state index >= 15 is 0 Å². The minimum absolute atomic E-state index is 0.125. The predicted molar refractivity (Wildman–Crippen MR) is 138 cm³/mol. The Morgan fingerprint density at radius 3 is 2.09 bits per heavy atom. The Bertz CT molecular complexity index is 1270. The lowest BCUT2D eigenvalue weighted by molar-refractivity contribution is -0.116. The molecule has 6 heteroatoms. The van der Waals surface area contributed by atoms with Gasteiger partial charge in [0.05, 0.1) is 38.7 Å². The van der Waals surface area contributed by atoms with E-state index < -0.39 is 0 Å². The van der Waals surface area contributed by atoms with Gasteiger partial charge in [0.2, 0.25) is 5.75 Å². The standard InChI is InChI=1S/C29H30N2O4/c1-17-9-11-18(12-10-17)19-13-23-27(24(32)14-19)28(31-22-8-6-5-7-21(22)30-23)20-15-25(33-2)29(35-4)26(16-20)34-3/h5-12,15-16,19,28,30-31H,13-14H2,1-4H3. The molecule has 5 rings (SSSR count). The fourth-order valence-electron chi connectivity index (χ4n) is 5.08. The summed E-state index contributed by atoms with van der Waals surface area (Å²) in [5.74, 6) is 1.88. The summed E-state index contributed by atoms with van der Waals surface area (Å²) in [4.78, 5) is 13.8. The first-order chi connectivity index (χ1) is 17.0. The number of anilines is 2. The van der Waals surface area contributed by atoms with Crippen molar-refractivity contribution in [3.63, 3.8) is 0 Å². The number of ketones is 1. The first kappa shape index (κ1) is 22.8. The van der Waals surface area contributed by atoms with Crippen molar-refractivity contribution in [1.29, 1.82) is 0 Å². The van der Waals surface area contributed by atoms with Crippen molar-refractivity contribution >= 4 is 17.2 Å². The summed E-state index contributed by atoms with van der Waals surface area (Å²) in [6.07, 6.45) is 1.21. The van der Waals surface area contributed by atoms with E-state index in [4.69, 9.17) is 14.2 Å². The van der Waals surface area contributed by atoms with Crippen molar-refractivity contribution in [1.82, 2.24) is 0 Å². The average molecular weight is 471 g/mol. The van der Waals surface area contributed by atoms with Crippen LogP contribution in [0.15, 0.2) is 71.9 Å². The molecule has 2 aliphatic rings. The van der Waals surface area contributed by atoms with Crippen LogP contribution in [0, 0.1) is 6.92 Å². The molecule has 2 unspecified atom stereocenters. The lowest BCUT2D eigenvalue weighted by atomic mass is 9.78. The maximum atomic E-state index is 13.8. The summed E-state index contributed by atoms with van der Waals surface area (Å²) in [7, 11) is 4.78. The smallest absolute Gasteiger partial charge is 0.203 e. The molecule has 0 saturated carbocycles. The van der Waals surface area contributed by atoms with Gasteiger partial charge in [-0.25, -0.2) is 0 Å². The zero-order chi connectivity index (χ0) is 24.5. The second kappa shape index (κ2) is 9.37. The number of fused-ring (bicyclic) bond motifs is 1. The molecule has 1 heterocycles. The van der Waals surface area contributed by atoms with Crippen molar-refractivity contribution in [3.05, 3.63) is 88.6 Å². The van der Waals surface area contributed by atoms with E-state index in [1.165, 1.54) is 11.1 Å². The highest BCUT2D eigenvalue weighted by atomic mass is 16.5. The lowest BCUT2D eigenvalue weighted by Crippen LogP contribution is -2.27. The summed E-state index contributed by atoms with van der Waals surface area (Å²) in [5.41, 5.74) is 6.85. The van der Waals surface area contributed by atoms with E-state index in [1.54, 1.807) is 21.3 Å². The van der Waals surface area contributed by atoms with Crippen LogP contribution in [0.3, 0.4) is 0 Å². The van der Waals surface area contributed by atoms with Gasteiger partial charge < -0.3 is 24.8 Å². The Balaban J connectivity index is 1.64. The summed E-state index contributed by atoms with van der Waals surface area (Å²) < 4.78 is 16.7. The highest BCUT2D eigenvalue weighted by molar-refractivity contribution is 6.01. The van der Waals surface area contributed by atoms with Crippen LogP contribution in [-0.2, 0) is 4.79 Å². The molecule has 0 bridgehead atoms. The Morgan fingerprint density at radius 1 is 0.800 bits per heavy atom. The van der Waals surface area contributed by atoms with E-state index in [9.17, 15) is 4.79 Å². The van der Waals surface area contributed by atoms with Crippen molar-refractivity contribution in [3.8, 4) is 17.2 Å². The number of nitrogens with one attached hydrogen (secondary N) is 2. The molecule has 0 fully saturated rings. The quantitative estimate of drug-likeness (QED) is 0.477. The summed E-state index contributed by atoms with van der Waals surface area (Å²) in [6, 6.07) is 20.0. The molecule has 2 atom stereocenters. The fourth-order valence-corrected chi connectivity index (χ4v) is 5.08. The fraction of sp³-hybridized carbons (Fsp3) is 0.276. The van der Waals surface area contributed by atoms with Gasteiger partial charge in [0.15, 0.2) is 17.3 Å². The average Bonchev–Trinajstić information content (AvgIpc) is 3.05. The largest absolute Gasteiger partial charge is 0.493 e. The van der Waals surface area contributed by atoms with Gasteiger partial charge in [0.25, 0.3) is 0 Å². The number of Topliss-reactive ketones (excluding diaryl/α,β-unsaturated/α-hetero) is 1. The number of carbonyl (C=O) groups is 1. The predicted octanol–water partition coefficient (Wildman–Crippen LogP) is 6.00. The maximum absolute atomic E-state index is 13.8. The van der Waals surface area contributed by atoms with Gasteiger partial charge in [0, 0.05) is 17.7 Å². The van der Waals surface area contributed by atoms with Gasteiger partial charge in [-0.1, -0.05) is 42.0 Å². The zero-order valence-electron chi connectivity index (χ0n) is 20.5. The summed E-state index contributed by atoms with van der Waals surface area (Å²) in [6.45, 7) is 2.08. The Labute approximate surface area is 205 Å². The molecule has 0 radical (unpaired) electrons. The van der Waals surface area contributed by atoms with E-state index in [-0.39, 0.29) is 17.7 Å². The first-order valence-corrected chi connectivity index (χ1v) is 11.8. The van der Waals surface area contributed by atoms with Crippen LogP contribution in [0.2, 0.25) is 0 Å². The molecule has 180 valence electrons. The number of hydrogen-bond donors (Lipinski definition) is 2. The number of rotatable bonds is 5. The van der Waals surface area contributed by atoms with E-state index in [0.29, 0.717) is 23.7 Å². The molecule has 6 nitrogen and oxygen atoms in total. The van der Waals surface area contributed by atoms with Crippen molar-refractivity contribution in [2.24, 2.45) is 0 Å². The van der Waals surface area contributed by atoms with Crippen LogP contribution in [0.1, 0.15) is 41.5 Å².